The zero-order valence-corrected chi connectivity index (χ0v) is 10.9. The minimum atomic E-state index is -0.0602. The van der Waals surface area contributed by atoms with E-state index in [1.165, 1.54) is 5.56 Å². The number of H-pyrrole nitrogens is 1. The maximum atomic E-state index is 12.0. The number of nitrogen functional groups attached to an aromatic ring is 1. The number of benzene rings is 1. The van der Waals surface area contributed by atoms with Crippen LogP contribution < -0.4 is 11.3 Å². The smallest absolute Gasteiger partial charge is 0.289 e. The lowest BCUT2D eigenvalue weighted by molar-refractivity contribution is 0.558. The molecule has 0 bridgehead atoms. The highest BCUT2D eigenvalue weighted by molar-refractivity contribution is 5.44. The van der Waals surface area contributed by atoms with Crippen molar-refractivity contribution in [2.45, 2.75) is 38.1 Å². The SMILES string of the molecule is Nc1c(C2CC2)[nH]n(CCCc2ccccc2)c1=O. The van der Waals surface area contributed by atoms with Crippen molar-refractivity contribution in [1.29, 1.82) is 0 Å². The molecule has 4 nitrogen and oxygen atoms in total. The summed E-state index contributed by atoms with van der Waals surface area (Å²) < 4.78 is 1.66. The molecule has 3 rings (SSSR count). The van der Waals surface area contributed by atoms with E-state index in [0.717, 1.165) is 31.4 Å². The second-order valence-electron chi connectivity index (χ2n) is 5.26. The molecule has 1 fully saturated rings. The van der Waals surface area contributed by atoms with Gasteiger partial charge in [0.05, 0.1) is 5.69 Å². The number of aromatic amines is 1. The molecule has 0 aliphatic heterocycles. The molecule has 0 spiro atoms. The van der Waals surface area contributed by atoms with Gasteiger partial charge in [-0.25, -0.2) is 0 Å². The number of aromatic nitrogens is 2. The summed E-state index contributed by atoms with van der Waals surface area (Å²) in [6.45, 7) is 0.699. The minimum Gasteiger partial charge on any atom is -0.393 e. The third-order valence-electron chi connectivity index (χ3n) is 3.70. The average molecular weight is 257 g/mol. The van der Waals surface area contributed by atoms with Gasteiger partial charge in [0, 0.05) is 12.5 Å². The molecule has 0 unspecified atom stereocenters. The molecular weight excluding hydrogens is 238 g/mol. The summed E-state index contributed by atoms with van der Waals surface area (Å²) in [5.74, 6) is 0.489. The number of anilines is 1. The summed E-state index contributed by atoms with van der Waals surface area (Å²) in [5.41, 5.74) is 8.47. The summed E-state index contributed by atoms with van der Waals surface area (Å²) in [5, 5.41) is 3.18. The second kappa shape index (κ2) is 4.96. The first-order valence-electron chi connectivity index (χ1n) is 6.88. The van der Waals surface area contributed by atoms with Gasteiger partial charge in [-0.3, -0.25) is 14.6 Å². The van der Waals surface area contributed by atoms with Gasteiger partial charge < -0.3 is 5.73 Å². The van der Waals surface area contributed by atoms with Crippen molar-refractivity contribution in [3.05, 3.63) is 51.9 Å². The fourth-order valence-electron chi connectivity index (χ4n) is 2.44. The lowest BCUT2D eigenvalue weighted by Crippen LogP contribution is -2.18. The van der Waals surface area contributed by atoms with Crippen LogP contribution in [0.4, 0.5) is 5.69 Å². The molecule has 0 saturated heterocycles. The summed E-state index contributed by atoms with van der Waals surface area (Å²) in [6, 6.07) is 10.3. The fourth-order valence-corrected chi connectivity index (χ4v) is 2.44. The van der Waals surface area contributed by atoms with Crippen molar-refractivity contribution < 1.29 is 0 Å². The molecular formula is C15H19N3O. The number of aryl methyl sites for hydroxylation is 2. The molecule has 1 aromatic carbocycles. The van der Waals surface area contributed by atoms with Gasteiger partial charge in [0.15, 0.2) is 0 Å². The van der Waals surface area contributed by atoms with Gasteiger partial charge in [-0.1, -0.05) is 30.3 Å². The van der Waals surface area contributed by atoms with Gasteiger partial charge in [0.1, 0.15) is 5.69 Å². The highest BCUT2D eigenvalue weighted by atomic mass is 16.1. The summed E-state index contributed by atoms with van der Waals surface area (Å²) in [4.78, 5) is 12.0. The molecule has 1 aliphatic carbocycles. The first-order valence-corrected chi connectivity index (χ1v) is 6.88. The zero-order valence-electron chi connectivity index (χ0n) is 10.9. The van der Waals surface area contributed by atoms with E-state index in [1.807, 2.05) is 18.2 Å². The van der Waals surface area contributed by atoms with Crippen LogP contribution in [-0.4, -0.2) is 9.78 Å². The Hall–Kier alpha value is -1.97. The molecule has 1 aromatic heterocycles. The molecule has 2 aromatic rings. The van der Waals surface area contributed by atoms with E-state index >= 15 is 0 Å². The monoisotopic (exact) mass is 257 g/mol. The third-order valence-corrected chi connectivity index (χ3v) is 3.70. The van der Waals surface area contributed by atoms with Gasteiger partial charge in [0.2, 0.25) is 0 Å². The van der Waals surface area contributed by atoms with Crippen LogP contribution in [0.5, 0.6) is 0 Å². The van der Waals surface area contributed by atoms with E-state index in [1.54, 1.807) is 4.68 Å². The number of hydrogen-bond acceptors (Lipinski definition) is 2. The Morgan fingerprint density at radius 2 is 2.00 bits per heavy atom. The van der Waals surface area contributed by atoms with E-state index in [4.69, 9.17) is 5.73 Å². The first-order chi connectivity index (χ1) is 9.25. The van der Waals surface area contributed by atoms with Crippen LogP contribution in [0.2, 0.25) is 0 Å². The third kappa shape index (κ3) is 2.57. The van der Waals surface area contributed by atoms with Gasteiger partial charge in [0.25, 0.3) is 5.56 Å². The molecule has 1 saturated carbocycles. The Balaban J connectivity index is 1.64. The van der Waals surface area contributed by atoms with Crippen molar-refractivity contribution in [2.75, 3.05) is 5.73 Å². The van der Waals surface area contributed by atoms with Crippen LogP contribution in [0, 0.1) is 0 Å². The number of hydrogen-bond donors (Lipinski definition) is 2. The second-order valence-corrected chi connectivity index (χ2v) is 5.26. The topological polar surface area (TPSA) is 63.8 Å². The van der Waals surface area contributed by atoms with E-state index in [9.17, 15) is 4.79 Å². The average Bonchev–Trinajstić information content (AvgIpc) is 3.23. The van der Waals surface area contributed by atoms with E-state index < -0.39 is 0 Å². The predicted molar refractivity (Wildman–Crippen MR) is 76.2 cm³/mol. The van der Waals surface area contributed by atoms with Crippen LogP contribution in [-0.2, 0) is 13.0 Å². The molecule has 0 radical (unpaired) electrons. The maximum absolute atomic E-state index is 12.0. The lowest BCUT2D eigenvalue weighted by atomic mass is 10.1. The van der Waals surface area contributed by atoms with Crippen LogP contribution in [0.25, 0.3) is 0 Å². The Morgan fingerprint density at radius 1 is 1.26 bits per heavy atom. The summed E-state index contributed by atoms with van der Waals surface area (Å²) >= 11 is 0. The molecule has 0 amide bonds. The van der Waals surface area contributed by atoms with Gasteiger partial charge in [-0.2, -0.15) is 0 Å². The standard InChI is InChI=1S/C15H19N3O/c16-13-14(12-8-9-12)17-18(15(13)19)10-4-7-11-5-2-1-3-6-11/h1-3,5-6,12,17H,4,7-10,16H2. The van der Waals surface area contributed by atoms with Crippen molar-refractivity contribution in [3.63, 3.8) is 0 Å². The molecule has 100 valence electrons. The molecule has 4 heteroatoms. The first kappa shape index (κ1) is 12.1. The van der Waals surface area contributed by atoms with E-state index in [-0.39, 0.29) is 5.56 Å². The highest BCUT2D eigenvalue weighted by Crippen LogP contribution is 2.40. The molecule has 3 N–H and O–H groups in total. The van der Waals surface area contributed by atoms with Gasteiger partial charge in [-0.15, -0.1) is 0 Å². The maximum Gasteiger partial charge on any atom is 0.289 e. The molecule has 19 heavy (non-hydrogen) atoms. The van der Waals surface area contributed by atoms with Gasteiger partial charge in [-0.05, 0) is 31.2 Å². The van der Waals surface area contributed by atoms with Crippen LogP contribution in [0.15, 0.2) is 35.1 Å². The Morgan fingerprint density at radius 3 is 2.68 bits per heavy atom. The molecule has 1 heterocycles. The normalized spacial score (nSPS) is 14.7. The zero-order chi connectivity index (χ0) is 13.2. The van der Waals surface area contributed by atoms with Crippen molar-refractivity contribution in [1.82, 2.24) is 9.78 Å². The Kier molecular flexibility index (Phi) is 3.15. The highest BCUT2D eigenvalue weighted by Gasteiger charge is 2.29. The largest absolute Gasteiger partial charge is 0.393 e. The number of nitrogens with one attached hydrogen (secondary N) is 1. The van der Waals surface area contributed by atoms with Crippen molar-refractivity contribution >= 4 is 5.69 Å². The van der Waals surface area contributed by atoms with E-state index in [0.29, 0.717) is 18.2 Å². The van der Waals surface area contributed by atoms with Crippen LogP contribution in [0.3, 0.4) is 0 Å². The van der Waals surface area contributed by atoms with Crippen LogP contribution >= 0.6 is 0 Å². The van der Waals surface area contributed by atoms with Crippen molar-refractivity contribution in [3.8, 4) is 0 Å². The fraction of sp³-hybridized carbons (Fsp3) is 0.400. The predicted octanol–water partition coefficient (Wildman–Crippen LogP) is 2.27. The van der Waals surface area contributed by atoms with Gasteiger partial charge >= 0.3 is 0 Å². The Bertz CT molecular complexity index is 608. The number of nitrogens with zero attached hydrogens (tertiary/aromatic N) is 1. The summed E-state index contributed by atoms with van der Waals surface area (Å²) in [7, 11) is 0. The van der Waals surface area contributed by atoms with Crippen LogP contribution in [0.1, 0.15) is 36.4 Å². The lowest BCUT2D eigenvalue weighted by Gasteiger charge is -2.02. The number of rotatable bonds is 5. The number of nitrogens with two attached hydrogens (primary N) is 1. The summed E-state index contributed by atoms with van der Waals surface area (Å²) in [6.07, 6.45) is 4.21. The quantitative estimate of drug-likeness (QED) is 0.863. The Labute approximate surface area is 112 Å². The molecule has 0 atom stereocenters. The molecule has 1 aliphatic rings. The minimum absolute atomic E-state index is 0.0602. The van der Waals surface area contributed by atoms with Crippen molar-refractivity contribution in [2.24, 2.45) is 0 Å². The van der Waals surface area contributed by atoms with E-state index in [2.05, 4.69) is 17.2 Å².